The first-order chi connectivity index (χ1) is 16.6. The Kier molecular flexibility index (Phi) is 8.93. The van der Waals surface area contributed by atoms with Crippen LogP contribution in [0, 0.1) is 11.3 Å². The van der Waals surface area contributed by atoms with E-state index in [1.807, 2.05) is 39.8 Å². The number of hydrogen-bond donors (Lipinski definition) is 1. The van der Waals surface area contributed by atoms with Gasteiger partial charge in [0.15, 0.2) is 0 Å². The topological polar surface area (TPSA) is 74.6 Å². The molecule has 188 valence electrons. The van der Waals surface area contributed by atoms with Crippen molar-refractivity contribution in [3.8, 4) is 6.07 Å². The highest BCUT2D eigenvalue weighted by atomic mass is 16.5. The van der Waals surface area contributed by atoms with Crippen molar-refractivity contribution < 1.29 is 14.3 Å². The molecule has 1 saturated heterocycles. The third kappa shape index (κ3) is 7.81. The number of carbonyl (C=O) groups excluding carboxylic acids is 1. The Balaban J connectivity index is 1.66. The first-order valence-corrected chi connectivity index (χ1v) is 12.5. The second kappa shape index (κ2) is 11.7. The minimum absolute atomic E-state index is 0.0861. The molecule has 1 aliphatic rings. The fraction of sp³-hybridized carbons (Fsp3) is 0.517. The van der Waals surface area contributed by atoms with Gasteiger partial charge in [0.05, 0.1) is 12.2 Å². The van der Waals surface area contributed by atoms with Crippen LogP contribution in [0.3, 0.4) is 0 Å². The lowest BCUT2D eigenvalue weighted by Crippen LogP contribution is -2.45. The van der Waals surface area contributed by atoms with Crippen LogP contribution in [0.1, 0.15) is 58.9 Å². The van der Waals surface area contributed by atoms with Crippen LogP contribution in [-0.4, -0.2) is 50.5 Å². The molecular weight excluding hydrogens is 438 g/mol. The van der Waals surface area contributed by atoms with Crippen LogP contribution < -0.4 is 10.2 Å². The highest BCUT2D eigenvalue weighted by Gasteiger charge is 2.25. The van der Waals surface area contributed by atoms with Crippen LogP contribution in [0.25, 0.3) is 16.8 Å². The van der Waals surface area contributed by atoms with E-state index in [-0.39, 0.29) is 11.5 Å². The number of ether oxygens (including phenoxy) is 2. The standard InChI is InChI=1S/C29H39N3O3/c1-28(2,13-16-35-29(3,4)21-34-5)31-27(33)25(20-30)18-22-9-10-24-19-26(12-11-23(24)17-22)32-14-7-6-8-15-32/h9-12,17-19H,6-8,13-16,21H2,1-5H3,(H,31,33)/b25-18+. The average Bonchev–Trinajstić information content (AvgIpc) is 2.82. The smallest absolute Gasteiger partial charge is 0.262 e. The maximum Gasteiger partial charge on any atom is 0.262 e. The Bertz CT molecular complexity index is 1090. The van der Waals surface area contributed by atoms with Crippen LogP contribution in [0.2, 0.25) is 0 Å². The summed E-state index contributed by atoms with van der Waals surface area (Å²) in [5, 5.41) is 14.9. The van der Waals surface area contributed by atoms with E-state index in [0.717, 1.165) is 29.4 Å². The number of fused-ring (bicyclic) bond motifs is 1. The Morgan fingerprint density at radius 2 is 1.77 bits per heavy atom. The van der Waals surface area contributed by atoms with Gasteiger partial charge in [0.1, 0.15) is 11.6 Å². The highest BCUT2D eigenvalue weighted by molar-refractivity contribution is 6.02. The molecule has 2 aromatic carbocycles. The highest BCUT2D eigenvalue weighted by Crippen LogP contribution is 2.26. The fourth-order valence-electron chi connectivity index (χ4n) is 4.41. The van der Waals surface area contributed by atoms with Crippen LogP contribution in [0.4, 0.5) is 5.69 Å². The van der Waals surface area contributed by atoms with E-state index < -0.39 is 11.1 Å². The van der Waals surface area contributed by atoms with Gasteiger partial charge in [-0.05, 0) is 94.0 Å². The predicted octanol–water partition coefficient (Wildman–Crippen LogP) is 5.46. The van der Waals surface area contributed by atoms with Crippen molar-refractivity contribution in [1.29, 1.82) is 5.26 Å². The van der Waals surface area contributed by atoms with Gasteiger partial charge in [-0.3, -0.25) is 4.79 Å². The molecule has 2 aromatic rings. The molecule has 1 heterocycles. The number of nitrogens with one attached hydrogen (secondary N) is 1. The normalized spacial score (nSPS) is 15.2. The number of methoxy groups -OCH3 is 1. The molecule has 0 bridgehead atoms. The second-order valence-corrected chi connectivity index (χ2v) is 10.6. The monoisotopic (exact) mass is 477 g/mol. The summed E-state index contributed by atoms with van der Waals surface area (Å²) in [4.78, 5) is 15.3. The maximum absolute atomic E-state index is 12.9. The van der Waals surface area contributed by atoms with E-state index in [0.29, 0.717) is 19.6 Å². The summed E-state index contributed by atoms with van der Waals surface area (Å²) in [7, 11) is 1.65. The lowest BCUT2D eigenvalue weighted by atomic mass is 9.99. The summed E-state index contributed by atoms with van der Waals surface area (Å²) in [6, 6.07) is 14.6. The van der Waals surface area contributed by atoms with Gasteiger partial charge in [-0.25, -0.2) is 0 Å². The minimum atomic E-state index is -0.523. The van der Waals surface area contributed by atoms with Crippen molar-refractivity contribution in [2.24, 2.45) is 0 Å². The molecule has 0 spiro atoms. The molecule has 0 aromatic heterocycles. The van der Waals surface area contributed by atoms with Crippen LogP contribution in [-0.2, 0) is 14.3 Å². The average molecular weight is 478 g/mol. The van der Waals surface area contributed by atoms with Crippen LogP contribution >= 0.6 is 0 Å². The van der Waals surface area contributed by atoms with Gasteiger partial charge >= 0.3 is 0 Å². The molecule has 1 N–H and O–H groups in total. The third-order valence-electron chi connectivity index (χ3n) is 6.41. The summed E-state index contributed by atoms with van der Waals surface area (Å²) in [6.07, 6.45) is 6.07. The fourth-order valence-corrected chi connectivity index (χ4v) is 4.41. The number of piperidine rings is 1. The zero-order valence-electron chi connectivity index (χ0n) is 21.8. The quantitative estimate of drug-likeness (QED) is 0.363. The molecule has 3 rings (SSSR count). The molecule has 0 saturated carbocycles. The number of hydrogen-bond acceptors (Lipinski definition) is 5. The first kappa shape index (κ1) is 26.7. The summed E-state index contributed by atoms with van der Waals surface area (Å²) in [5.74, 6) is -0.380. The largest absolute Gasteiger partial charge is 0.382 e. The van der Waals surface area contributed by atoms with E-state index in [9.17, 15) is 10.1 Å². The van der Waals surface area contributed by atoms with E-state index in [2.05, 4.69) is 40.6 Å². The molecule has 0 aliphatic carbocycles. The molecule has 6 nitrogen and oxygen atoms in total. The number of anilines is 1. The lowest BCUT2D eigenvalue weighted by Gasteiger charge is -2.29. The predicted molar refractivity (Wildman–Crippen MR) is 142 cm³/mol. The van der Waals surface area contributed by atoms with E-state index >= 15 is 0 Å². The number of amides is 1. The van der Waals surface area contributed by atoms with Crippen molar-refractivity contribution in [2.45, 2.75) is 64.5 Å². The Hall–Kier alpha value is -2.88. The SMILES string of the molecule is COCC(C)(C)OCCC(C)(C)NC(=O)/C(C#N)=C/c1ccc2cc(N3CCCCC3)ccc2c1. The van der Waals surface area contributed by atoms with E-state index in [1.165, 1.54) is 24.9 Å². The molecule has 6 heteroatoms. The summed E-state index contributed by atoms with van der Waals surface area (Å²) in [5.41, 5.74) is 1.26. The molecule has 1 fully saturated rings. The molecule has 1 amide bonds. The Labute approximate surface area is 209 Å². The van der Waals surface area contributed by atoms with Crippen molar-refractivity contribution in [2.75, 3.05) is 38.3 Å². The van der Waals surface area contributed by atoms with Crippen molar-refractivity contribution in [1.82, 2.24) is 5.32 Å². The molecule has 0 atom stereocenters. The van der Waals surface area contributed by atoms with Crippen LogP contribution in [0.15, 0.2) is 42.0 Å². The van der Waals surface area contributed by atoms with Crippen molar-refractivity contribution in [3.63, 3.8) is 0 Å². The van der Waals surface area contributed by atoms with Crippen molar-refractivity contribution in [3.05, 3.63) is 47.5 Å². The van der Waals surface area contributed by atoms with E-state index in [1.54, 1.807) is 13.2 Å². The summed E-state index contributed by atoms with van der Waals surface area (Å²) < 4.78 is 11.1. The Morgan fingerprint density at radius 3 is 2.46 bits per heavy atom. The zero-order valence-corrected chi connectivity index (χ0v) is 21.8. The summed E-state index contributed by atoms with van der Waals surface area (Å²) >= 11 is 0. The van der Waals surface area contributed by atoms with Gasteiger partial charge in [0, 0.05) is 38.0 Å². The van der Waals surface area contributed by atoms with Gasteiger partial charge in [-0.1, -0.05) is 18.2 Å². The molecule has 35 heavy (non-hydrogen) atoms. The summed E-state index contributed by atoms with van der Waals surface area (Å²) in [6.45, 7) is 11.0. The van der Waals surface area contributed by atoms with Crippen molar-refractivity contribution >= 4 is 28.4 Å². The van der Waals surface area contributed by atoms with Gasteiger partial charge in [0.25, 0.3) is 5.91 Å². The molecule has 0 unspecified atom stereocenters. The third-order valence-corrected chi connectivity index (χ3v) is 6.41. The minimum Gasteiger partial charge on any atom is -0.382 e. The Morgan fingerprint density at radius 1 is 1.09 bits per heavy atom. The zero-order chi connectivity index (χ0) is 25.5. The maximum atomic E-state index is 12.9. The molecule has 0 radical (unpaired) electrons. The van der Waals surface area contributed by atoms with Gasteiger partial charge < -0.3 is 19.7 Å². The number of nitrogens with zero attached hydrogens (tertiary/aromatic N) is 2. The first-order valence-electron chi connectivity index (χ1n) is 12.5. The number of carbonyl (C=O) groups is 1. The second-order valence-electron chi connectivity index (χ2n) is 10.6. The number of rotatable bonds is 10. The molecular formula is C29H39N3O3. The lowest BCUT2D eigenvalue weighted by molar-refractivity contribution is -0.119. The van der Waals surface area contributed by atoms with E-state index in [4.69, 9.17) is 9.47 Å². The molecule has 1 aliphatic heterocycles. The van der Waals surface area contributed by atoms with Gasteiger partial charge in [-0.15, -0.1) is 0 Å². The number of benzene rings is 2. The van der Waals surface area contributed by atoms with Crippen LogP contribution in [0.5, 0.6) is 0 Å². The number of nitriles is 1. The van der Waals surface area contributed by atoms with Gasteiger partial charge in [0.2, 0.25) is 0 Å². The van der Waals surface area contributed by atoms with Gasteiger partial charge in [-0.2, -0.15) is 5.26 Å².